The van der Waals surface area contributed by atoms with Gasteiger partial charge in [0.1, 0.15) is 0 Å². The van der Waals surface area contributed by atoms with E-state index < -0.39 is 10.2 Å². The van der Waals surface area contributed by atoms with Crippen LogP contribution in [0.4, 0.5) is 0 Å². The van der Waals surface area contributed by atoms with Crippen LogP contribution in [0.15, 0.2) is 30.3 Å². The summed E-state index contributed by atoms with van der Waals surface area (Å²) in [4.78, 5) is 14.7. The molecular formula is C22H36N4O4S. The highest BCUT2D eigenvalue weighted by atomic mass is 32.2. The van der Waals surface area contributed by atoms with Gasteiger partial charge in [-0.1, -0.05) is 44.2 Å². The van der Waals surface area contributed by atoms with Gasteiger partial charge in [0.25, 0.3) is 10.2 Å². The first kappa shape index (κ1) is 24.1. The van der Waals surface area contributed by atoms with Gasteiger partial charge in [0.15, 0.2) is 0 Å². The molecule has 0 unspecified atom stereocenters. The third-order valence-electron chi connectivity index (χ3n) is 6.52. The molecule has 1 amide bonds. The highest BCUT2D eigenvalue weighted by Gasteiger charge is 2.35. The van der Waals surface area contributed by atoms with E-state index in [1.54, 1.807) is 0 Å². The Labute approximate surface area is 186 Å². The lowest BCUT2D eigenvalue weighted by Crippen LogP contribution is -2.54. The molecule has 0 spiro atoms. The summed E-state index contributed by atoms with van der Waals surface area (Å²) in [5.74, 6) is -0.0122. The van der Waals surface area contributed by atoms with Gasteiger partial charge in [-0.3, -0.25) is 9.69 Å². The number of amides is 1. The molecule has 3 rings (SSSR count). The van der Waals surface area contributed by atoms with Crippen LogP contribution in [-0.4, -0.2) is 93.4 Å². The minimum Gasteiger partial charge on any atom is -0.381 e. The van der Waals surface area contributed by atoms with Crippen LogP contribution in [0.25, 0.3) is 0 Å². The molecule has 2 aliphatic rings. The second-order valence-corrected chi connectivity index (χ2v) is 10.2. The van der Waals surface area contributed by atoms with E-state index in [0.29, 0.717) is 65.6 Å². The van der Waals surface area contributed by atoms with Crippen LogP contribution in [0, 0.1) is 0 Å². The molecule has 2 saturated heterocycles. The largest absolute Gasteiger partial charge is 0.381 e. The molecule has 0 radical (unpaired) electrons. The normalized spacial score (nSPS) is 20.6. The van der Waals surface area contributed by atoms with Gasteiger partial charge in [0.05, 0.1) is 6.54 Å². The van der Waals surface area contributed by atoms with E-state index in [9.17, 15) is 13.2 Å². The van der Waals surface area contributed by atoms with E-state index in [1.165, 1.54) is 14.2 Å². The number of hydrogen-bond acceptors (Lipinski definition) is 5. The van der Waals surface area contributed by atoms with Gasteiger partial charge in [-0.15, -0.1) is 0 Å². The monoisotopic (exact) mass is 452 g/mol. The molecule has 0 atom stereocenters. The molecule has 31 heavy (non-hydrogen) atoms. The quantitative estimate of drug-likeness (QED) is 0.606. The third-order valence-corrected chi connectivity index (χ3v) is 8.70. The molecule has 2 heterocycles. The molecule has 1 N–H and O–H groups in total. The van der Waals surface area contributed by atoms with Crippen molar-refractivity contribution in [2.24, 2.45) is 0 Å². The maximum Gasteiger partial charge on any atom is 0.282 e. The van der Waals surface area contributed by atoms with E-state index in [2.05, 4.69) is 17.4 Å². The van der Waals surface area contributed by atoms with Crippen molar-refractivity contribution in [2.75, 3.05) is 65.6 Å². The fraction of sp³-hybridized carbons (Fsp3) is 0.682. The summed E-state index contributed by atoms with van der Waals surface area (Å²) < 4.78 is 33.9. The molecule has 8 nitrogen and oxygen atoms in total. The predicted molar refractivity (Wildman–Crippen MR) is 121 cm³/mol. The second-order valence-electron chi connectivity index (χ2n) is 8.30. The lowest BCUT2D eigenvalue weighted by molar-refractivity contribution is -0.123. The van der Waals surface area contributed by atoms with Crippen molar-refractivity contribution in [1.29, 1.82) is 0 Å². The standard InChI is InChI=1S/C22H36N4O4S/c1-3-25(4-2)31(28,29)26-14-12-24(13-15-26)18-21(27)23-19-22(10-16-30-17-11-22)20-8-6-5-7-9-20/h5-9H,3-4,10-19H2,1-2H3,(H,23,27). The fourth-order valence-electron chi connectivity index (χ4n) is 4.48. The van der Waals surface area contributed by atoms with Crippen molar-refractivity contribution < 1.29 is 17.9 Å². The van der Waals surface area contributed by atoms with Gasteiger partial charge < -0.3 is 10.1 Å². The first-order chi connectivity index (χ1) is 14.9. The van der Waals surface area contributed by atoms with Crippen molar-refractivity contribution in [2.45, 2.75) is 32.1 Å². The van der Waals surface area contributed by atoms with E-state index in [-0.39, 0.29) is 11.3 Å². The smallest absolute Gasteiger partial charge is 0.282 e. The topological polar surface area (TPSA) is 82.2 Å². The van der Waals surface area contributed by atoms with E-state index in [0.717, 1.165) is 12.8 Å². The number of piperazine rings is 1. The second kappa shape index (κ2) is 10.9. The van der Waals surface area contributed by atoms with E-state index in [1.807, 2.05) is 36.9 Å². The summed E-state index contributed by atoms with van der Waals surface area (Å²) >= 11 is 0. The number of benzene rings is 1. The highest BCUT2D eigenvalue weighted by molar-refractivity contribution is 7.86. The Bertz CT molecular complexity index is 800. The first-order valence-electron chi connectivity index (χ1n) is 11.3. The van der Waals surface area contributed by atoms with Crippen LogP contribution < -0.4 is 5.32 Å². The van der Waals surface area contributed by atoms with Crippen LogP contribution in [0.2, 0.25) is 0 Å². The molecule has 1 aromatic rings. The Morgan fingerprint density at radius 3 is 2.26 bits per heavy atom. The van der Waals surface area contributed by atoms with E-state index in [4.69, 9.17) is 4.74 Å². The van der Waals surface area contributed by atoms with Crippen molar-refractivity contribution >= 4 is 16.1 Å². The van der Waals surface area contributed by atoms with Crippen molar-refractivity contribution in [3.8, 4) is 0 Å². The third kappa shape index (κ3) is 5.84. The lowest BCUT2D eigenvalue weighted by Gasteiger charge is -2.38. The van der Waals surface area contributed by atoms with Gasteiger partial charge in [0.2, 0.25) is 5.91 Å². The number of ether oxygens (including phenoxy) is 1. The maximum absolute atomic E-state index is 12.7. The zero-order valence-corrected chi connectivity index (χ0v) is 19.6. The Hall–Kier alpha value is -1.52. The molecule has 174 valence electrons. The molecule has 0 saturated carbocycles. The first-order valence-corrected chi connectivity index (χ1v) is 12.7. The van der Waals surface area contributed by atoms with Gasteiger partial charge in [-0.05, 0) is 18.4 Å². The molecule has 0 aliphatic carbocycles. The summed E-state index contributed by atoms with van der Waals surface area (Å²) in [7, 11) is -3.41. The average molecular weight is 453 g/mol. The summed E-state index contributed by atoms with van der Waals surface area (Å²) in [5.41, 5.74) is 1.15. The van der Waals surface area contributed by atoms with Crippen molar-refractivity contribution in [1.82, 2.24) is 18.8 Å². The molecule has 2 fully saturated rings. The van der Waals surface area contributed by atoms with Crippen LogP contribution in [0.5, 0.6) is 0 Å². The highest BCUT2D eigenvalue weighted by Crippen LogP contribution is 2.34. The number of rotatable bonds is 9. The van der Waals surface area contributed by atoms with Gasteiger partial charge in [-0.2, -0.15) is 17.0 Å². The van der Waals surface area contributed by atoms with Crippen LogP contribution in [0.3, 0.4) is 0 Å². The summed E-state index contributed by atoms with van der Waals surface area (Å²) in [6.07, 6.45) is 1.78. The predicted octanol–water partition coefficient (Wildman–Crippen LogP) is 1.06. The molecule has 1 aromatic carbocycles. The average Bonchev–Trinajstić information content (AvgIpc) is 2.80. The molecule has 0 bridgehead atoms. The number of hydrogen-bond donors (Lipinski definition) is 1. The van der Waals surface area contributed by atoms with Crippen molar-refractivity contribution in [3.05, 3.63) is 35.9 Å². The lowest BCUT2D eigenvalue weighted by atomic mass is 9.74. The zero-order chi connectivity index (χ0) is 22.3. The Morgan fingerprint density at radius 2 is 1.68 bits per heavy atom. The minimum absolute atomic E-state index is 0.0122. The minimum atomic E-state index is -3.41. The zero-order valence-electron chi connectivity index (χ0n) is 18.8. The Morgan fingerprint density at radius 1 is 1.06 bits per heavy atom. The van der Waals surface area contributed by atoms with Crippen LogP contribution in [-0.2, 0) is 25.2 Å². The maximum atomic E-state index is 12.7. The molecule has 0 aromatic heterocycles. The van der Waals surface area contributed by atoms with Gasteiger partial charge in [-0.25, -0.2) is 0 Å². The number of nitrogens with zero attached hydrogens (tertiary/aromatic N) is 3. The van der Waals surface area contributed by atoms with E-state index >= 15 is 0 Å². The summed E-state index contributed by atoms with van der Waals surface area (Å²) in [6, 6.07) is 10.4. The molecule has 9 heteroatoms. The Balaban J connectivity index is 1.51. The number of nitrogens with one attached hydrogen (secondary N) is 1. The molecule has 2 aliphatic heterocycles. The van der Waals surface area contributed by atoms with Crippen LogP contribution in [0.1, 0.15) is 32.3 Å². The van der Waals surface area contributed by atoms with Gasteiger partial charge >= 0.3 is 0 Å². The number of carbonyl (C=O) groups is 1. The summed E-state index contributed by atoms with van der Waals surface area (Å²) in [5, 5.41) is 3.14. The van der Waals surface area contributed by atoms with Crippen molar-refractivity contribution in [3.63, 3.8) is 0 Å². The Kier molecular flexibility index (Phi) is 8.46. The van der Waals surface area contributed by atoms with Crippen LogP contribution >= 0.6 is 0 Å². The molecular weight excluding hydrogens is 416 g/mol. The summed E-state index contributed by atoms with van der Waals surface area (Å²) in [6.45, 7) is 8.87. The number of carbonyl (C=O) groups excluding carboxylic acids is 1. The fourth-order valence-corrected chi connectivity index (χ4v) is 6.08. The SMILES string of the molecule is CCN(CC)S(=O)(=O)N1CCN(CC(=O)NCC2(c3ccccc3)CCOCC2)CC1. The van der Waals surface area contributed by atoms with Gasteiger partial charge in [0, 0.05) is 64.4 Å².